The van der Waals surface area contributed by atoms with Crippen LogP contribution in [0.15, 0.2) is 60.7 Å². The molecule has 4 fully saturated rings. The van der Waals surface area contributed by atoms with Crippen molar-refractivity contribution in [3.05, 3.63) is 71.8 Å². The summed E-state index contributed by atoms with van der Waals surface area (Å²) in [7, 11) is 0. The lowest BCUT2D eigenvalue weighted by atomic mass is 9.48. The number of rotatable bonds is 6. The molecule has 152 valence electrons. The molecule has 4 aliphatic carbocycles. The van der Waals surface area contributed by atoms with Gasteiger partial charge in [-0.25, -0.2) is 0 Å². The molecule has 4 bridgehead atoms. The molecule has 0 spiro atoms. The largest absolute Gasteiger partial charge is 0.353 e. The Bertz CT molecular complexity index is 769. The highest BCUT2D eigenvalue weighted by Gasteiger charge is 2.53. The SMILES string of the molecule is C[C@H](NC(=O)CC(c1ccccc1)c1ccccc1)C12CC3CC(CC(C3)C1)C2. The Morgan fingerprint density at radius 1 is 0.862 bits per heavy atom. The van der Waals surface area contributed by atoms with E-state index in [0.717, 1.165) is 17.8 Å². The second-order valence-corrected chi connectivity index (χ2v) is 10.1. The zero-order valence-corrected chi connectivity index (χ0v) is 17.5. The van der Waals surface area contributed by atoms with Gasteiger partial charge in [0, 0.05) is 18.4 Å². The predicted octanol–water partition coefficient (Wildman–Crippen LogP) is 5.93. The Morgan fingerprint density at radius 3 is 1.76 bits per heavy atom. The minimum atomic E-state index is 0.112. The molecule has 2 aromatic carbocycles. The van der Waals surface area contributed by atoms with Crippen molar-refractivity contribution >= 4 is 5.91 Å². The topological polar surface area (TPSA) is 29.1 Å². The number of benzene rings is 2. The Hall–Kier alpha value is -2.09. The molecule has 29 heavy (non-hydrogen) atoms. The first kappa shape index (κ1) is 18.9. The average Bonchev–Trinajstić information content (AvgIpc) is 2.72. The molecule has 0 radical (unpaired) electrons. The van der Waals surface area contributed by atoms with Crippen LogP contribution in [-0.2, 0) is 4.79 Å². The minimum Gasteiger partial charge on any atom is -0.353 e. The average molecular weight is 388 g/mol. The molecule has 2 nitrogen and oxygen atoms in total. The Labute approximate surface area is 175 Å². The first-order valence-corrected chi connectivity index (χ1v) is 11.5. The fourth-order valence-electron chi connectivity index (χ4n) is 7.15. The number of carbonyl (C=O) groups is 1. The molecule has 6 rings (SSSR count). The van der Waals surface area contributed by atoms with Gasteiger partial charge < -0.3 is 5.32 Å². The molecule has 1 N–H and O–H groups in total. The van der Waals surface area contributed by atoms with E-state index in [0.29, 0.717) is 11.8 Å². The van der Waals surface area contributed by atoms with Crippen LogP contribution in [0.1, 0.15) is 68.9 Å². The van der Waals surface area contributed by atoms with E-state index in [-0.39, 0.29) is 17.9 Å². The summed E-state index contributed by atoms with van der Waals surface area (Å²) in [6.45, 7) is 2.28. The van der Waals surface area contributed by atoms with E-state index in [1.165, 1.54) is 49.7 Å². The van der Waals surface area contributed by atoms with Gasteiger partial charge in [-0.2, -0.15) is 0 Å². The van der Waals surface area contributed by atoms with E-state index in [4.69, 9.17) is 0 Å². The maximum Gasteiger partial charge on any atom is 0.221 e. The molecule has 4 saturated carbocycles. The first-order valence-electron chi connectivity index (χ1n) is 11.5. The Morgan fingerprint density at radius 2 is 1.31 bits per heavy atom. The molecular formula is C27H33NO. The van der Waals surface area contributed by atoms with E-state index in [9.17, 15) is 4.79 Å². The zero-order chi connectivity index (χ0) is 19.8. The summed E-state index contributed by atoms with van der Waals surface area (Å²) in [5.74, 6) is 3.07. The maximum absolute atomic E-state index is 13.2. The van der Waals surface area contributed by atoms with Crippen molar-refractivity contribution < 1.29 is 4.79 Å². The smallest absolute Gasteiger partial charge is 0.221 e. The molecule has 1 atom stereocenters. The van der Waals surface area contributed by atoms with Crippen molar-refractivity contribution in [3.63, 3.8) is 0 Å². The molecule has 0 saturated heterocycles. The summed E-state index contributed by atoms with van der Waals surface area (Å²) in [5.41, 5.74) is 2.80. The lowest BCUT2D eigenvalue weighted by Gasteiger charge is -2.59. The van der Waals surface area contributed by atoms with Gasteiger partial charge in [-0.3, -0.25) is 4.79 Å². The third-order valence-corrected chi connectivity index (χ3v) is 8.18. The van der Waals surface area contributed by atoms with Gasteiger partial charge in [0.25, 0.3) is 0 Å². The number of hydrogen-bond acceptors (Lipinski definition) is 1. The van der Waals surface area contributed by atoms with Gasteiger partial charge in [0.1, 0.15) is 0 Å². The normalized spacial score (nSPS) is 31.0. The summed E-state index contributed by atoms with van der Waals surface area (Å²) in [5, 5.41) is 3.47. The third kappa shape index (κ3) is 3.74. The molecule has 2 aromatic rings. The fourth-order valence-corrected chi connectivity index (χ4v) is 7.15. The Balaban J connectivity index is 1.31. The van der Waals surface area contributed by atoms with Crippen molar-refractivity contribution in [2.75, 3.05) is 0 Å². The van der Waals surface area contributed by atoms with Crippen molar-refractivity contribution in [2.24, 2.45) is 23.2 Å². The highest BCUT2D eigenvalue weighted by Crippen LogP contribution is 2.61. The lowest BCUT2D eigenvalue weighted by molar-refractivity contribution is -0.126. The predicted molar refractivity (Wildman–Crippen MR) is 118 cm³/mol. The standard InChI is InChI=1S/C27H33NO/c1-19(27-16-20-12-21(17-27)14-22(13-20)18-27)28-26(29)15-25(23-8-4-2-5-9-23)24-10-6-3-7-11-24/h2-11,19-22,25H,12-18H2,1H3,(H,28,29)/t19-,20?,21?,22?,27?/m0/s1. The van der Waals surface area contributed by atoms with E-state index < -0.39 is 0 Å². The van der Waals surface area contributed by atoms with Crippen LogP contribution >= 0.6 is 0 Å². The summed E-state index contributed by atoms with van der Waals surface area (Å²) >= 11 is 0. The van der Waals surface area contributed by atoms with Crippen LogP contribution in [0.3, 0.4) is 0 Å². The minimum absolute atomic E-state index is 0.112. The highest BCUT2D eigenvalue weighted by molar-refractivity contribution is 5.78. The monoisotopic (exact) mass is 387 g/mol. The summed E-state index contributed by atoms with van der Waals surface area (Å²) in [6.07, 6.45) is 8.87. The first-order chi connectivity index (χ1) is 14.1. The number of carbonyl (C=O) groups excluding carboxylic acids is 1. The summed E-state index contributed by atoms with van der Waals surface area (Å²) in [4.78, 5) is 13.2. The molecule has 0 aromatic heterocycles. The van der Waals surface area contributed by atoms with Crippen LogP contribution in [0.5, 0.6) is 0 Å². The van der Waals surface area contributed by atoms with Gasteiger partial charge >= 0.3 is 0 Å². The molecule has 0 aliphatic heterocycles. The van der Waals surface area contributed by atoms with Crippen LogP contribution in [0.4, 0.5) is 0 Å². The second kappa shape index (κ2) is 7.63. The van der Waals surface area contributed by atoms with Crippen LogP contribution in [0.25, 0.3) is 0 Å². The highest BCUT2D eigenvalue weighted by atomic mass is 16.1. The van der Waals surface area contributed by atoms with E-state index in [2.05, 4.69) is 60.8 Å². The maximum atomic E-state index is 13.2. The zero-order valence-electron chi connectivity index (χ0n) is 17.5. The molecule has 0 heterocycles. The van der Waals surface area contributed by atoms with E-state index >= 15 is 0 Å². The van der Waals surface area contributed by atoms with Crippen LogP contribution in [-0.4, -0.2) is 11.9 Å². The van der Waals surface area contributed by atoms with Crippen molar-refractivity contribution in [2.45, 2.75) is 63.8 Å². The van der Waals surface area contributed by atoms with Crippen molar-refractivity contribution in [1.82, 2.24) is 5.32 Å². The van der Waals surface area contributed by atoms with Crippen LogP contribution in [0.2, 0.25) is 0 Å². The third-order valence-electron chi connectivity index (χ3n) is 8.18. The summed E-state index contributed by atoms with van der Waals surface area (Å²) in [6, 6.07) is 21.2. The van der Waals surface area contributed by atoms with Crippen LogP contribution < -0.4 is 5.32 Å². The molecule has 1 amide bonds. The van der Waals surface area contributed by atoms with E-state index in [1.54, 1.807) is 0 Å². The number of amides is 1. The van der Waals surface area contributed by atoms with Crippen molar-refractivity contribution in [3.8, 4) is 0 Å². The molecule has 4 aliphatic rings. The van der Waals surface area contributed by atoms with Gasteiger partial charge in [-0.15, -0.1) is 0 Å². The number of hydrogen-bond donors (Lipinski definition) is 1. The van der Waals surface area contributed by atoms with Gasteiger partial charge in [-0.1, -0.05) is 60.7 Å². The second-order valence-electron chi connectivity index (χ2n) is 10.1. The summed E-state index contributed by atoms with van der Waals surface area (Å²) < 4.78 is 0. The van der Waals surface area contributed by atoms with Crippen LogP contribution in [0, 0.1) is 23.2 Å². The molecule has 0 unspecified atom stereocenters. The van der Waals surface area contributed by atoms with Gasteiger partial charge in [0.2, 0.25) is 5.91 Å². The quantitative estimate of drug-likeness (QED) is 0.654. The molecule has 2 heteroatoms. The lowest BCUT2D eigenvalue weighted by Crippen LogP contribution is -2.55. The van der Waals surface area contributed by atoms with E-state index in [1.807, 2.05) is 12.1 Å². The van der Waals surface area contributed by atoms with Crippen molar-refractivity contribution in [1.29, 1.82) is 0 Å². The molecular weight excluding hydrogens is 354 g/mol. The Kier molecular flexibility index (Phi) is 4.97. The van der Waals surface area contributed by atoms with Gasteiger partial charge in [0.15, 0.2) is 0 Å². The van der Waals surface area contributed by atoms with Gasteiger partial charge in [0.05, 0.1) is 0 Å². The van der Waals surface area contributed by atoms with Gasteiger partial charge in [-0.05, 0) is 79.7 Å². The fraction of sp³-hybridized carbons (Fsp3) is 0.519. The number of nitrogens with one attached hydrogen (secondary N) is 1.